The zero-order valence-corrected chi connectivity index (χ0v) is 9.91. The Hall–Kier alpha value is -1.75. The second-order valence-corrected chi connectivity index (χ2v) is 4.41. The van der Waals surface area contributed by atoms with Crippen LogP contribution in [-0.2, 0) is 4.79 Å². The lowest BCUT2D eigenvalue weighted by molar-refractivity contribution is -0.105. The molecule has 1 amide bonds. The Balaban J connectivity index is 2.11. The number of nitrogens with one attached hydrogen (secondary N) is 1. The minimum absolute atomic E-state index is 0.535. The topological polar surface area (TPSA) is 29.1 Å². The van der Waals surface area contributed by atoms with Crippen molar-refractivity contribution < 1.29 is 4.79 Å². The highest BCUT2D eigenvalue weighted by molar-refractivity contribution is 5.75. The van der Waals surface area contributed by atoms with E-state index in [1.165, 1.54) is 32.1 Å². The smallest absolute Gasteiger partial charge is 0.211 e. The standard InChI is InChI=1S/C15H17NO/c17-12-16-15-9-5-4-8-14(15)11-10-13-6-2-1-3-7-13/h4-5,8-9,12-13H,1-3,6-7H2,(H,16,17). The summed E-state index contributed by atoms with van der Waals surface area (Å²) in [5.74, 6) is 7.06. The zero-order chi connectivity index (χ0) is 11.9. The lowest BCUT2D eigenvalue weighted by atomic mass is 9.89. The monoisotopic (exact) mass is 227 g/mol. The fraction of sp³-hybridized carbons (Fsp3) is 0.400. The molecule has 0 aromatic heterocycles. The van der Waals surface area contributed by atoms with Crippen molar-refractivity contribution in [1.82, 2.24) is 0 Å². The molecule has 1 fully saturated rings. The molecule has 0 atom stereocenters. The predicted octanol–water partition coefficient (Wildman–Crippen LogP) is 3.19. The van der Waals surface area contributed by atoms with Crippen LogP contribution in [0.25, 0.3) is 0 Å². The molecule has 0 spiro atoms. The molecule has 1 aromatic carbocycles. The largest absolute Gasteiger partial charge is 0.328 e. The highest BCUT2D eigenvalue weighted by Gasteiger charge is 2.10. The van der Waals surface area contributed by atoms with Crippen LogP contribution >= 0.6 is 0 Å². The van der Waals surface area contributed by atoms with E-state index in [1.807, 2.05) is 24.3 Å². The maximum Gasteiger partial charge on any atom is 0.211 e. The van der Waals surface area contributed by atoms with Gasteiger partial charge < -0.3 is 5.32 Å². The minimum Gasteiger partial charge on any atom is -0.328 e. The van der Waals surface area contributed by atoms with Crippen molar-refractivity contribution in [2.45, 2.75) is 32.1 Å². The summed E-state index contributed by atoms with van der Waals surface area (Å²) in [5.41, 5.74) is 1.70. The van der Waals surface area contributed by atoms with Crippen LogP contribution in [0.2, 0.25) is 0 Å². The maximum absolute atomic E-state index is 10.5. The molecule has 0 radical (unpaired) electrons. The van der Waals surface area contributed by atoms with E-state index in [-0.39, 0.29) is 0 Å². The Morgan fingerprint density at radius 2 is 1.94 bits per heavy atom. The van der Waals surface area contributed by atoms with Gasteiger partial charge in [0, 0.05) is 11.5 Å². The van der Waals surface area contributed by atoms with Gasteiger partial charge in [-0.25, -0.2) is 0 Å². The molecule has 1 saturated carbocycles. The van der Waals surface area contributed by atoms with E-state index < -0.39 is 0 Å². The van der Waals surface area contributed by atoms with Gasteiger partial charge in [-0.3, -0.25) is 4.79 Å². The van der Waals surface area contributed by atoms with Crippen molar-refractivity contribution in [1.29, 1.82) is 0 Å². The van der Waals surface area contributed by atoms with Crippen LogP contribution in [0.3, 0.4) is 0 Å². The second kappa shape index (κ2) is 6.10. The molecular weight excluding hydrogens is 210 g/mol. The predicted molar refractivity (Wildman–Crippen MR) is 69.6 cm³/mol. The molecular formula is C15H17NO. The zero-order valence-electron chi connectivity index (χ0n) is 9.91. The number of amides is 1. The third kappa shape index (κ3) is 3.35. The van der Waals surface area contributed by atoms with Crippen LogP contribution in [0.1, 0.15) is 37.7 Å². The van der Waals surface area contributed by atoms with E-state index >= 15 is 0 Å². The van der Waals surface area contributed by atoms with Crippen molar-refractivity contribution in [2.24, 2.45) is 5.92 Å². The number of carbonyl (C=O) groups is 1. The summed E-state index contributed by atoms with van der Waals surface area (Å²) in [6.07, 6.45) is 7.08. The van der Waals surface area contributed by atoms with Gasteiger partial charge in [-0.15, -0.1) is 0 Å². The maximum atomic E-state index is 10.5. The van der Waals surface area contributed by atoms with Crippen molar-refractivity contribution in [2.75, 3.05) is 5.32 Å². The average Bonchev–Trinajstić information content (AvgIpc) is 2.39. The first-order chi connectivity index (χ1) is 8.40. The van der Waals surface area contributed by atoms with Gasteiger partial charge in [0.2, 0.25) is 6.41 Å². The fourth-order valence-corrected chi connectivity index (χ4v) is 2.21. The number of hydrogen-bond donors (Lipinski definition) is 1. The molecule has 0 aliphatic heterocycles. The van der Waals surface area contributed by atoms with Crippen molar-refractivity contribution in [3.8, 4) is 11.8 Å². The number of carbonyl (C=O) groups excluding carboxylic acids is 1. The summed E-state index contributed by atoms with van der Waals surface area (Å²) in [5, 5.41) is 2.68. The Morgan fingerprint density at radius 3 is 2.71 bits per heavy atom. The van der Waals surface area contributed by atoms with Crippen molar-refractivity contribution in [3.05, 3.63) is 29.8 Å². The Labute approximate surface area is 102 Å². The molecule has 0 unspecified atom stereocenters. The average molecular weight is 227 g/mol. The van der Waals surface area contributed by atoms with Gasteiger partial charge in [-0.1, -0.05) is 43.2 Å². The number of rotatable bonds is 2. The Kier molecular flexibility index (Phi) is 4.21. The van der Waals surface area contributed by atoms with Crippen LogP contribution in [0, 0.1) is 17.8 Å². The summed E-state index contributed by atoms with van der Waals surface area (Å²) in [6, 6.07) is 7.67. The molecule has 2 heteroatoms. The van der Waals surface area contributed by atoms with E-state index in [4.69, 9.17) is 0 Å². The molecule has 0 saturated heterocycles. The van der Waals surface area contributed by atoms with Crippen molar-refractivity contribution >= 4 is 12.1 Å². The van der Waals surface area contributed by atoms with E-state index in [2.05, 4.69) is 17.2 Å². The van der Waals surface area contributed by atoms with Gasteiger partial charge >= 0.3 is 0 Å². The number of anilines is 1. The number of hydrogen-bond acceptors (Lipinski definition) is 1. The molecule has 17 heavy (non-hydrogen) atoms. The lowest BCUT2D eigenvalue weighted by Gasteiger charge is -2.15. The molecule has 1 N–H and O–H groups in total. The van der Waals surface area contributed by atoms with Gasteiger partial charge in [0.05, 0.1) is 5.69 Å². The number of para-hydroxylation sites is 1. The van der Waals surface area contributed by atoms with Gasteiger partial charge in [0.25, 0.3) is 0 Å². The Bertz CT molecular complexity index is 436. The van der Waals surface area contributed by atoms with E-state index in [0.717, 1.165) is 11.3 Å². The van der Waals surface area contributed by atoms with Crippen molar-refractivity contribution in [3.63, 3.8) is 0 Å². The first kappa shape index (κ1) is 11.7. The van der Waals surface area contributed by atoms with Crippen LogP contribution in [0.4, 0.5) is 5.69 Å². The van der Waals surface area contributed by atoms with Gasteiger partial charge in [0.15, 0.2) is 0 Å². The van der Waals surface area contributed by atoms with Crippen LogP contribution in [0.15, 0.2) is 24.3 Å². The summed E-state index contributed by atoms with van der Waals surface area (Å²) < 4.78 is 0. The van der Waals surface area contributed by atoms with E-state index in [1.54, 1.807) is 0 Å². The lowest BCUT2D eigenvalue weighted by Crippen LogP contribution is -2.03. The summed E-state index contributed by atoms with van der Waals surface area (Å²) in [7, 11) is 0. The van der Waals surface area contributed by atoms with E-state index in [0.29, 0.717) is 12.3 Å². The van der Waals surface area contributed by atoms with Crippen LogP contribution < -0.4 is 5.32 Å². The number of benzene rings is 1. The highest BCUT2D eigenvalue weighted by atomic mass is 16.1. The summed E-state index contributed by atoms with van der Waals surface area (Å²) >= 11 is 0. The summed E-state index contributed by atoms with van der Waals surface area (Å²) in [4.78, 5) is 10.5. The van der Waals surface area contributed by atoms with Gasteiger partial charge in [-0.05, 0) is 25.0 Å². The Morgan fingerprint density at radius 1 is 1.18 bits per heavy atom. The van der Waals surface area contributed by atoms with Crippen LogP contribution in [0.5, 0.6) is 0 Å². The molecule has 88 valence electrons. The quantitative estimate of drug-likeness (QED) is 0.610. The first-order valence-electron chi connectivity index (χ1n) is 6.21. The fourth-order valence-electron chi connectivity index (χ4n) is 2.21. The molecule has 0 heterocycles. The minimum atomic E-state index is 0.535. The molecule has 1 aromatic rings. The third-order valence-corrected chi connectivity index (χ3v) is 3.16. The molecule has 1 aliphatic rings. The SMILES string of the molecule is O=CNc1ccccc1C#CC1CCCCC1. The molecule has 1 aliphatic carbocycles. The molecule has 2 rings (SSSR count). The van der Waals surface area contributed by atoms with Gasteiger partial charge in [-0.2, -0.15) is 0 Å². The first-order valence-corrected chi connectivity index (χ1v) is 6.21. The van der Waals surface area contributed by atoms with E-state index in [9.17, 15) is 4.79 Å². The highest BCUT2D eigenvalue weighted by Crippen LogP contribution is 2.23. The van der Waals surface area contributed by atoms with Crippen LogP contribution in [-0.4, -0.2) is 6.41 Å². The molecule has 2 nitrogen and oxygen atoms in total. The normalized spacial score (nSPS) is 15.8. The third-order valence-electron chi connectivity index (χ3n) is 3.16. The van der Waals surface area contributed by atoms with Gasteiger partial charge in [0.1, 0.15) is 0 Å². The molecule has 0 bridgehead atoms. The summed E-state index contributed by atoms with van der Waals surface area (Å²) in [6.45, 7) is 0. The second-order valence-electron chi connectivity index (χ2n) is 4.41.